The van der Waals surface area contributed by atoms with Gasteiger partial charge in [0.15, 0.2) is 0 Å². The molecule has 0 amide bonds. The molecule has 0 aliphatic carbocycles. The van der Waals surface area contributed by atoms with Crippen molar-refractivity contribution in [3.8, 4) is 5.75 Å². The van der Waals surface area contributed by atoms with E-state index < -0.39 is 0 Å². The van der Waals surface area contributed by atoms with Gasteiger partial charge in [0, 0.05) is 39.3 Å². The molecule has 2 heterocycles. The van der Waals surface area contributed by atoms with Crippen LogP contribution < -0.4 is 4.74 Å². The first kappa shape index (κ1) is 18.7. The van der Waals surface area contributed by atoms with Crippen LogP contribution in [0.2, 0.25) is 0 Å². The number of likely N-dealkylation sites (N-methyl/N-ethyl adjacent to an activating group) is 1. The molecule has 0 N–H and O–H groups in total. The average Bonchev–Trinajstić information content (AvgIpc) is 2.68. The summed E-state index contributed by atoms with van der Waals surface area (Å²) in [4.78, 5) is 7.82. The summed E-state index contributed by atoms with van der Waals surface area (Å²) in [5.41, 5.74) is 0. The van der Waals surface area contributed by atoms with Crippen molar-refractivity contribution in [3.05, 3.63) is 30.3 Å². The highest BCUT2D eigenvalue weighted by molar-refractivity contribution is 5.21. The van der Waals surface area contributed by atoms with E-state index in [0.29, 0.717) is 6.10 Å². The fourth-order valence-electron chi connectivity index (χ4n) is 3.94. The Labute approximate surface area is 153 Å². The highest BCUT2D eigenvalue weighted by Crippen LogP contribution is 2.18. The molecule has 3 rings (SSSR count). The molecular weight excluding hydrogens is 310 g/mol. The van der Waals surface area contributed by atoms with Crippen molar-refractivity contribution in [1.29, 1.82) is 0 Å². The third kappa shape index (κ3) is 6.28. The van der Waals surface area contributed by atoms with Crippen LogP contribution in [0, 0.1) is 0 Å². The summed E-state index contributed by atoms with van der Waals surface area (Å²) in [7, 11) is 0. The Bertz CT molecular complexity index is 465. The molecule has 0 saturated carbocycles. The molecule has 4 heteroatoms. The minimum absolute atomic E-state index is 0.397. The lowest BCUT2D eigenvalue weighted by Gasteiger charge is -2.34. The van der Waals surface area contributed by atoms with Crippen LogP contribution in [0.15, 0.2) is 30.3 Å². The van der Waals surface area contributed by atoms with E-state index in [0.717, 1.165) is 18.6 Å². The van der Waals surface area contributed by atoms with Gasteiger partial charge in [0.25, 0.3) is 0 Å². The van der Waals surface area contributed by atoms with Gasteiger partial charge in [0.2, 0.25) is 0 Å². The molecule has 2 aliphatic rings. The van der Waals surface area contributed by atoms with Crippen LogP contribution in [-0.2, 0) is 0 Å². The van der Waals surface area contributed by atoms with Gasteiger partial charge >= 0.3 is 0 Å². The van der Waals surface area contributed by atoms with Gasteiger partial charge < -0.3 is 19.4 Å². The van der Waals surface area contributed by atoms with Crippen molar-refractivity contribution in [3.63, 3.8) is 0 Å². The minimum Gasteiger partial charge on any atom is -0.490 e. The minimum atomic E-state index is 0.397. The Morgan fingerprint density at radius 1 is 0.800 bits per heavy atom. The van der Waals surface area contributed by atoms with Gasteiger partial charge in [-0.2, -0.15) is 0 Å². The van der Waals surface area contributed by atoms with Crippen molar-refractivity contribution in [2.24, 2.45) is 0 Å². The van der Waals surface area contributed by atoms with Crippen LogP contribution in [0.3, 0.4) is 0 Å². The highest BCUT2D eigenvalue weighted by Gasteiger charge is 2.20. The maximum atomic E-state index is 6.09. The number of para-hydroxylation sites is 1. The number of nitrogens with zero attached hydrogens (tertiary/aromatic N) is 3. The van der Waals surface area contributed by atoms with Crippen LogP contribution in [0.4, 0.5) is 0 Å². The molecule has 0 radical (unpaired) electrons. The highest BCUT2D eigenvalue weighted by atomic mass is 16.5. The number of hydrogen-bond acceptors (Lipinski definition) is 4. The smallest absolute Gasteiger partial charge is 0.119 e. The number of piperidine rings is 1. The summed E-state index contributed by atoms with van der Waals surface area (Å²) in [6.07, 6.45) is 5.39. The number of ether oxygens (including phenoxy) is 1. The van der Waals surface area contributed by atoms with Crippen LogP contribution in [0.25, 0.3) is 0 Å². The van der Waals surface area contributed by atoms with E-state index in [9.17, 15) is 0 Å². The molecule has 4 nitrogen and oxygen atoms in total. The zero-order valence-electron chi connectivity index (χ0n) is 15.9. The quantitative estimate of drug-likeness (QED) is 0.674. The molecule has 1 aromatic carbocycles. The molecule has 0 aromatic heterocycles. The molecule has 2 aliphatic heterocycles. The molecule has 0 bridgehead atoms. The molecule has 0 atom stereocenters. The monoisotopic (exact) mass is 345 g/mol. The second-order valence-corrected chi connectivity index (χ2v) is 7.45. The topological polar surface area (TPSA) is 19.0 Å². The Morgan fingerprint density at radius 3 is 1.96 bits per heavy atom. The predicted molar refractivity (Wildman–Crippen MR) is 104 cm³/mol. The van der Waals surface area contributed by atoms with Crippen molar-refractivity contribution in [1.82, 2.24) is 14.7 Å². The number of hydrogen-bond donors (Lipinski definition) is 0. The SMILES string of the molecule is CCN1CCN(CCCCN2CCC(Oc3ccccc3)CC2)CC1. The predicted octanol–water partition coefficient (Wildman–Crippen LogP) is 2.95. The first-order chi connectivity index (χ1) is 12.3. The van der Waals surface area contributed by atoms with Crippen molar-refractivity contribution in [2.45, 2.75) is 38.7 Å². The average molecular weight is 346 g/mol. The Kier molecular flexibility index (Phi) is 7.58. The van der Waals surface area contributed by atoms with Crippen LogP contribution in [0.5, 0.6) is 5.75 Å². The lowest BCUT2D eigenvalue weighted by Crippen LogP contribution is -2.46. The summed E-state index contributed by atoms with van der Waals surface area (Å²) in [6.45, 7) is 13.4. The zero-order valence-corrected chi connectivity index (χ0v) is 15.9. The largest absolute Gasteiger partial charge is 0.490 e. The second kappa shape index (κ2) is 10.1. The Hall–Kier alpha value is -1.10. The molecule has 0 unspecified atom stereocenters. The van der Waals surface area contributed by atoms with Gasteiger partial charge in [-0.3, -0.25) is 0 Å². The first-order valence-electron chi connectivity index (χ1n) is 10.2. The summed E-state index contributed by atoms with van der Waals surface area (Å²) in [6, 6.07) is 10.3. The van der Waals surface area contributed by atoms with E-state index in [1.54, 1.807) is 0 Å². The van der Waals surface area contributed by atoms with E-state index in [-0.39, 0.29) is 0 Å². The van der Waals surface area contributed by atoms with E-state index in [1.807, 2.05) is 18.2 Å². The van der Waals surface area contributed by atoms with Gasteiger partial charge in [-0.15, -0.1) is 0 Å². The summed E-state index contributed by atoms with van der Waals surface area (Å²) in [5.74, 6) is 1.02. The number of likely N-dealkylation sites (tertiary alicyclic amines) is 1. The van der Waals surface area contributed by atoms with Crippen molar-refractivity contribution in [2.75, 3.05) is 58.9 Å². The third-order valence-corrected chi connectivity index (χ3v) is 5.69. The van der Waals surface area contributed by atoms with Gasteiger partial charge in [-0.25, -0.2) is 0 Å². The maximum Gasteiger partial charge on any atom is 0.119 e. The normalized spacial score (nSPS) is 21.5. The Balaban J connectivity index is 1.24. The molecule has 2 fully saturated rings. The standard InChI is InChI=1S/C21H35N3O/c1-2-22-16-18-24(19-17-22)13-7-6-12-23-14-10-21(11-15-23)25-20-8-4-3-5-9-20/h3-5,8-9,21H,2,6-7,10-19H2,1H3. The molecule has 1 aromatic rings. The summed E-state index contributed by atoms with van der Waals surface area (Å²) in [5, 5.41) is 0. The van der Waals surface area contributed by atoms with Gasteiger partial charge in [0.05, 0.1) is 0 Å². The van der Waals surface area contributed by atoms with Crippen molar-refractivity contribution < 1.29 is 4.74 Å². The molecule has 25 heavy (non-hydrogen) atoms. The lowest BCUT2D eigenvalue weighted by molar-refractivity contribution is 0.0974. The summed E-state index contributed by atoms with van der Waals surface area (Å²) < 4.78 is 6.09. The van der Waals surface area contributed by atoms with Crippen LogP contribution in [-0.4, -0.2) is 79.7 Å². The third-order valence-electron chi connectivity index (χ3n) is 5.69. The molecule has 0 spiro atoms. The Morgan fingerprint density at radius 2 is 1.36 bits per heavy atom. The first-order valence-corrected chi connectivity index (χ1v) is 10.2. The lowest BCUT2D eigenvalue weighted by atomic mass is 10.1. The van der Waals surface area contributed by atoms with E-state index in [2.05, 4.69) is 33.8 Å². The van der Waals surface area contributed by atoms with E-state index >= 15 is 0 Å². The molecule has 140 valence electrons. The van der Waals surface area contributed by atoms with Crippen LogP contribution in [0.1, 0.15) is 32.6 Å². The fourth-order valence-corrected chi connectivity index (χ4v) is 3.94. The summed E-state index contributed by atoms with van der Waals surface area (Å²) >= 11 is 0. The van der Waals surface area contributed by atoms with Gasteiger partial charge in [-0.1, -0.05) is 25.1 Å². The number of benzene rings is 1. The maximum absolute atomic E-state index is 6.09. The molecule has 2 saturated heterocycles. The van der Waals surface area contributed by atoms with Gasteiger partial charge in [0.1, 0.15) is 11.9 Å². The zero-order chi connectivity index (χ0) is 17.3. The second-order valence-electron chi connectivity index (χ2n) is 7.45. The van der Waals surface area contributed by atoms with Gasteiger partial charge in [-0.05, 0) is 57.5 Å². The molecular formula is C21H35N3O. The van der Waals surface area contributed by atoms with Crippen molar-refractivity contribution >= 4 is 0 Å². The van der Waals surface area contributed by atoms with E-state index in [4.69, 9.17) is 4.74 Å². The number of piperazine rings is 1. The number of rotatable bonds is 8. The van der Waals surface area contributed by atoms with E-state index in [1.165, 1.54) is 71.7 Å². The fraction of sp³-hybridized carbons (Fsp3) is 0.714. The number of unbranched alkanes of at least 4 members (excludes halogenated alkanes) is 1. The van der Waals surface area contributed by atoms with Crippen LogP contribution >= 0.6 is 0 Å².